The van der Waals surface area contributed by atoms with E-state index in [1.54, 1.807) is 0 Å². The van der Waals surface area contributed by atoms with E-state index in [-0.39, 0.29) is 12.4 Å². The molecule has 0 radical (unpaired) electrons. The van der Waals surface area contributed by atoms with Gasteiger partial charge in [-0.15, -0.1) is 12.4 Å². The molecule has 3 rings (SSSR count). The van der Waals surface area contributed by atoms with Crippen molar-refractivity contribution in [1.82, 2.24) is 9.88 Å². The molecule has 1 aromatic heterocycles. The van der Waals surface area contributed by atoms with Crippen molar-refractivity contribution in [2.24, 2.45) is 0 Å². The fourth-order valence-electron chi connectivity index (χ4n) is 3.19. The van der Waals surface area contributed by atoms with Crippen LogP contribution < -0.4 is 9.64 Å². The first kappa shape index (κ1) is 21.5. The average molecular weight is 392 g/mol. The SMILES string of the molecule is CC(C)c1ccc(OCC(O)CN2CCN(c3ccccn3)CC2)cc1.Cl. The highest BCUT2D eigenvalue weighted by molar-refractivity contribution is 5.85. The Bertz CT molecular complexity index is 659. The lowest BCUT2D eigenvalue weighted by Crippen LogP contribution is -2.49. The third kappa shape index (κ3) is 6.38. The molecule has 148 valence electrons. The van der Waals surface area contributed by atoms with Crippen molar-refractivity contribution < 1.29 is 9.84 Å². The number of halogens is 1. The van der Waals surface area contributed by atoms with Gasteiger partial charge in [0.25, 0.3) is 0 Å². The summed E-state index contributed by atoms with van der Waals surface area (Å²) >= 11 is 0. The van der Waals surface area contributed by atoms with Crippen LogP contribution in [0.1, 0.15) is 25.3 Å². The largest absolute Gasteiger partial charge is 0.491 e. The summed E-state index contributed by atoms with van der Waals surface area (Å²) in [6.07, 6.45) is 1.34. The zero-order valence-corrected chi connectivity index (χ0v) is 16.9. The third-order valence-corrected chi connectivity index (χ3v) is 4.80. The number of hydrogen-bond acceptors (Lipinski definition) is 5. The van der Waals surface area contributed by atoms with Gasteiger partial charge in [-0.05, 0) is 35.7 Å². The number of ether oxygens (including phenoxy) is 1. The summed E-state index contributed by atoms with van der Waals surface area (Å²) in [5.74, 6) is 2.36. The Hall–Kier alpha value is -1.82. The molecule has 5 nitrogen and oxygen atoms in total. The van der Waals surface area contributed by atoms with E-state index < -0.39 is 6.10 Å². The first-order valence-electron chi connectivity index (χ1n) is 9.41. The topological polar surface area (TPSA) is 48.8 Å². The number of pyridine rings is 1. The van der Waals surface area contributed by atoms with Crippen LogP contribution in [0.5, 0.6) is 5.75 Å². The maximum atomic E-state index is 10.3. The van der Waals surface area contributed by atoms with Gasteiger partial charge in [0.05, 0.1) is 0 Å². The van der Waals surface area contributed by atoms with Crippen LogP contribution in [-0.2, 0) is 0 Å². The molecular formula is C21H30ClN3O2. The first-order chi connectivity index (χ1) is 12.6. The second-order valence-electron chi connectivity index (χ2n) is 7.16. The van der Waals surface area contributed by atoms with Gasteiger partial charge in [0.15, 0.2) is 0 Å². The summed E-state index contributed by atoms with van der Waals surface area (Å²) in [7, 11) is 0. The van der Waals surface area contributed by atoms with Crippen LogP contribution in [0.15, 0.2) is 48.7 Å². The van der Waals surface area contributed by atoms with E-state index in [9.17, 15) is 5.11 Å². The summed E-state index contributed by atoms with van der Waals surface area (Å²) in [5.41, 5.74) is 1.30. The van der Waals surface area contributed by atoms with E-state index >= 15 is 0 Å². The van der Waals surface area contributed by atoms with Crippen molar-refractivity contribution in [3.05, 3.63) is 54.2 Å². The standard InChI is InChI=1S/C21H29N3O2.ClH/c1-17(2)18-6-8-20(9-7-18)26-16-19(25)15-23-11-13-24(14-12-23)21-5-3-4-10-22-21;/h3-10,17,19,25H,11-16H2,1-2H3;1H. The predicted octanol–water partition coefficient (Wildman–Crippen LogP) is 3.19. The lowest BCUT2D eigenvalue weighted by molar-refractivity contribution is 0.0662. The monoisotopic (exact) mass is 391 g/mol. The van der Waals surface area contributed by atoms with Gasteiger partial charge in [-0.3, -0.25) is 4.90 Å². The van der Waals surface area contributed by atoms with Gasteiger partial charge < -0.3 is 14.7 Å². The second-order valence-corrected chi connectivity index (χ2v) is 7.16. The Morgan fingerprint density at radius 3 is 2.33 bits per heavy atom. The number of nitrogens with zero attached hydrogens (tertiary/aromatic N) is 3. The smallest absolute Gasteiger partial charge is 0.128 e. The summed E-state index contributed by atoms with van der Waals surface area (Å²) in [4.78, 5) is 8.98. The molecule has 1 unspecified atom stereocenters. The highest BCUT2D eigenvalue weighted by Crippen LogP contribution is 2.19. The summed E-state index contributed by atoms with van der Waals surface area (Å²) in [5, 5.41) is 10.3. The minimum Gasteiger partial charge on any atom is -0.491 e. The highest BCUT2D eigenvalue weighted by atomic mass is 35.5. The van der Waals surface area contributed by atoms with E-state index in [0.717, 1.165) is 37.7 Å². The summed E-state index contributed by atoms with van der Waals surface area (Å²) in [6.45, 7) is 9.03. The quantitative estimate of drug-likeness (QED) is 0.785. The van der Waals surface area contributed by atoms with E-state index in [1.807, 2.05) is 36.5 Å². The molecule has 2 heterocycles. The maximum Gasteiger partial charge on any atom is 0.128 e. The second kappa shape index (κ2) is 10.5. The number of rotatable bonds is 7. The first-order valence-corrected chi connectivity index (χ1v) is 9.41. The van der Waals surface area contributed by atoms with Crippen LogP contribution in [0, 0.1) is 0 Å². The molecule has 6 heteroatoms. The molecule has 0 aliphatic carbocycles. The zero-order valence-electron chi connectivity index (χ0n) is 16.1. The number of piperazine rings is 1. The predicted molar refractivity (Wildman–Crippen MR) is 112 cm³/mol. The number of benzene rings is 1. The minimum atomic E-state index is -0.485. The van der Waals surface area contributed by atoms with E-state index in [1.165, 1.54) is 5.56 Å². The van der Waals surface area contributed by atoms with Crippen LogP contribution >= 0.6 is 12.4 Å². The molecule has 1 aliphatic rings. The molecule has 0 saturated carbocycles. The Morgan fingerprint density at radius 1 is 1.04 bits per heavy atom. The minimum absolute atomic E-state index is 0. The molecular weight excluding hydrogens is 362 g/mol. The van der Waals surface area contributed by atoms with Crippen molar-refractivity contribution in [1.29, 1.82) is 0 Å². The van der Waals surface area contributed by atoms with Crippen LogP contribution in [0.4, 0.5) is 5.82 Å². The summed E-state index contributed by atoms with van der Waals surface area (Å²) in [6, 6.07) is 14.1. The Balaban J connectivity index is 0.00000261. The van der Waals surface area contributed by atoms with Gasteiger partial charge in [0, 0.05) is 38.9 Å². The number of aromatic nitrogens is 1. The number of anilines is 1. The molecule has 0 spiro atoms. The lowest BCUT2D eigenvalue weighted by Gasteiger charge is -2.36. The van der Waals surface area contributed by atoms with Crippen LogP contribution in [-0.4, -0.2) is 60.4 Å². The zero-order chi connectivity index (χ0) is 18.4. The highest BCUT2D eigenvalue weighted by Gasteiger charge is 2.20. The Kier molecular flexibility index (Phi) is 8.35. The molecule has 1 atom stereocenters. The van der Waals surface area contributed by atoms with Crippen LogP contribution in [0.2, 0.25) is 0 Å². The van der Waals surface area contributed by atoms with Gasteiger partial charge in [-0.1, -0.05) is 32.0 Å². The molecule has 1 aromatic carbocycles. The third-order valence-electron chi connectivity index (χ3n) is 4.80. The molecule has 1 aliphatic heterocycles. The lowest BCUT2D eigenvalue weighted by atomic mass is 10.0. The average Bonchev–Trinajstić information content (AvgIpc) is 2.68. The van der Waals surface area contributed by atoms with Crippen molar-refractivity contribution in [3.8, 4) is 5.75 Å². The number of hydrogen-bond donors (Lipinski definition) is 1. The fourth-order valence-corrected chi connectivity index (χ4v) is 3.19. The molecule has 2 aromatic rings. The van der Waals surface area contributed by atoms with E-state index in [2.05, 4.69) is 40.8 Å². The number of aliphatic hydroxyl groups excluding tert-OH is 1. The maximum absolute atomic E-state index is 10.3. The Morgan fingerprint density at radius 2 is 1.74 bits per heavy atom. The molecule has 1 fully saturated rings. The summed E-state index contributed by atoms with van der Waals surface area (Å²) < 4.78 is 5.74. The van der Waals surface area contributed by atoms with E-state index in [4.69, 9.17) is 4.74 Å². The van der Waals surface area contributed by atoms with Crippen molar-refractivity contribution in [2.45, 2.75) is 25.9 Å². The number of aliphatic hydroxyl groups is 1. The molecule has 1 saturated heterocycles. The van der Waals surface area contributed by atoms with Crippen LogP contribution in [0.25, 0.3) is 0 Å². The Labute approximate surface area is 168 Å². The van der Waals surface area contributed by atoms with Crippen molar-refractivity contribution in [2.75, 3.05) is 44.2 Å². The van der Waals surface area contributed by atoms with Gasteiger partial charge in [-0.25, -0.2) is 4.98 Å². The van der Waals surface area contributed by atoms with Gasteiger partial charge >= 0.3 is 0 Å². The van der Waals surface area contributed by atoms with Crippen LogP contribution in [0.3, 0.4) is 0 Å². The van der Waals surface area contributed by atoms with Gasteiger partial charge in [-0.2, -0.15) is 0 Å². The molecule has 27 heavy (non-hydrogen) atoms. The van der Waals surface area contributed by atoms with Crippen molar-refractivity contribution >= 4 is 18.2 Å². The normalized spacial score (nSPS) is 16.1. The van der Waals surface area contributed by atoms with Gasteiger partial charge in [0.1, 0.15) is 24.3 Å². The molecule has 1 N–H and O–H groups in total. The number of β-amino-alcohol motifs (C(OH)–C–C–N with tert-alkyl or cyclic N) is 1. The molecule has 0 bridgehead atoms. The van der Waals surface area contributed by atoms with E-state index in [0.29, 0.717) is 19.1 Å². The van der Waals surface area contributed by atoms with Crippen molar-refractivity contribution in [3.63, 3.8) is 0 Å². The molecule has 0 amide bonds. The van der Waals surface area contributed by atoms with Gasteiger partial charge in [0.2, 0.25) is 0 Å². The fraction of sp³-hybridized carbons (Fsp3) is 0.476.